The van der Waals surface area contributed by atoms with Crippen LogP contribution in [0.5, 0.6) is 0 Å². The summed E-state index contributed by atoms with van der Waals surface area (Å²) in [7, 11) is 0. The zero-order valence-electron chi connectivity index (χ0n) is 13.9. The van der Waals surface area contributed by atoms with Gasteiger partial charge in [0.15, 0.2) is 0 Å². The van der Waals surface area contributed by atoms with Gasteiger partial charge in [-0.3, -0.25) is 0 Å². The summed E-state index contributed by atoms with van der Waals surface area (Å²) in [4.78, 5) is 12.2. The first-order chi connectivity index (χ1) is 11.3. The minimum absolute atomic E-state index is 0.204. The zero-order chi connectivity index (χ0) is 16.5. The Morgan fingerprint density at radius 3 is 2.70 bits per heavy atom. The third-order valence-corrected chi connectivity index (χ3v) is 4.68. The highest BCUT2D eigenvalue weighted by Gasteiger charge is 2.11. The molecule has 3 heteroatoms. The van der Waals surface area contributed by atoms with Crippen molar-refractivity contribution in [1.29, 1.82) is 0 Å². The summed E-state index contributed by atoms with van der Waals surface area (Å²) in [5.74, 6) is 1.56. The lowest BCUT2D eigenvalue weighted by Gasteiger charge is -2.09. The summed E-state index contributed by atoms with van der Waals surface area (Å²) in [6, 6.07) is 14.4. The summed E-state index contributed by atoms with van der Waals surface area (Å²) >= 11 is 1.80. The summed E-state index contributed by atoms with van der Waals surface area (Å²) in [5.41, 5.74) is 1.81. The van der Waals surface area contributed by atoms with Gasteiger partial charge in [-0.25, -0.2) is 4.79 Å². The SMILES string of the molecule is CCCCSCC(=Cc1cccc2ccccc12)C(=O)OCC. The third kappa shape index (κ3) is 5.14. The fourth-order valence-electron chi connectivity index (χ4n) is 2.38. The van der Waals surface area contributed by atoms with Gasteiger partial charge in [0.1, 0.15) is 0 Å². The molecule has 0 saturated heterocycles. The van der Waals surface area contributed by atoms with E-state index in [9.17, 15) is 4.79 Å². The van der Waals surface area contributed by atoms with Crippen molar-refractivity contribution >= 4 is 34.6 Å². The average molecular weight is 328 g/mol. The third-order valence-electron chi connectivity index (χ3n) is 3.59. The van der Waals surface area contributed by atoms with E-state index in [0.717, 1.165) is 22.3 Å². The van der Waals surface area contributed by atoms with Gasteiger partial charge in [-0.15, -0.1) is 0 Å². The van der Waals surface area contributed by atoms with Gasteiger partial charge in [-0.2, -0.15) is 11.8 Å². The van der Waals surface area contributed by atoms with Crippen molar-refractivity contribution in [3.05, 3.63) is 53.6 Å². The van der Waals surface area contributed by atoms with Crippen molar-refractivity contribution < 1.29 is 9.53 Å². The Kier molecular flexibility index (Phi) is 7.21. The first kappa shape index (κ1) is 17.6. The molecule has 23 heavy (non-hydrogen) atoms. The van der Waals surface area contributed by atoms with Gasteiger partial charge >= 0.3 is 5.97 Å². The van der Waals surface area contributed by atoms with Crippen LogP contribution < -0.4 is 0 Å². The maximum Gasteiger partial charge on any atom is 0.334 e. The molecule has 0 spiro atoms. The number of carbonyl (C=O) groups is 1. The molecule has 0 aromatic heterocycles. The fraction of sp³-hybridized carbons (Fsp3) is 0.350. The number of benzene rings is 2. The van der Waals surface area contributed by atoms with Crippen LogP contribution in [0.15, 0.2) is 48.0 Å². The quantitative estimate of drug-likeness (QED) is 0.373. The van der Waals surface area contributed by atoms with E-state index in [4.69, 9.17) is 4.74 Å². The molecule has 0 radical (unpaired) electrons. The maximum atomic E-state index is 12.2. The van der Waals surface area contributed by atoms with Gasteiger partial charge in [0.25, 0.3) is 0 Å². The molecule has 0 bridgehead atoms. The lowest BCUT2D eigenvalue weighted by molar-refractivity contribution is -0.138. The van der Waals surface area contributed by atoms with Gasteiger partial charge in [0.2, 0.25) is 0 Å². The average Bonchev–Trinajstić information content (AvgIpc) is 2.58. The van der Waals surface area contributed by atoms with E-state index in [-0.39, 0.29) is 5.97 Å². The van der Waals surface area contributed by atoms with Crippen molar-refractivity contribution in [2.45, 2.75) is 26.7 Å². The number of ether oxygens (including phenoxy) is 1. The van der Waals surface area contributed by atoms with Crippen LogP contribution in [0.4, 0.5) is 0 Å². The Bertz CT molecular complexity index is 671. The van der Waals surface area contributed by atoms with Gasteiger partial charge in [0, 0.05) is 11.3 Å². The van der Waals surface area contributed by atoms with Crippen LogP contribution in [0.25, 0.3) is 16.8 Å². The Labute approximate surface area is 142 Å². The molecule has 0 aliphatic heterocycles. The molecule has 2 nitrogen and oxygen atoms in total. The molecule has 0 fully saturated rings. The second-order valence-electron chi connectivity index (χ2n) is 5.36. The Morgan fingerprint density at radius 2 is 1.91 bits per heavy atom. The van der Waals surface area contributed by atoms with Gasteiger partial charge in [0.05, 0.1) is 6.61 Å². The van der Waals surface area contributed by atoms with Crippen molar-refractivity contribution in [2.24, 2.45) is 0 Å². The molecule has 0 saturated carbocycles. The molecular weight excluding hydrogens is 304 g/mol. The monoisotopic (exact) mass is 328 g/mol. The molecule has 2 aromatic rings. The first-order valence-electron chi connectivity index (χ1n) is 8.19. The van der Waals surface area contributed by atoms with Crippen molar-refractivity contribution in [1.82, 2.24) is 0 Å². The number of hydrogen-bond donors (Lipinski definition) is 0. The summed E-state index contributed by atoms with van der Waals surface area (Å²) in [6.45, 7) is 4.43. The number of unbranched alkanes of at least 4 members (excludes halogenated alkanes) is 1. The van der Waals surface area contributed by atoms with Gasteiger partial charge in [-0.1, -0.05) is 55.8 Å². The summed E-state index contributed by atoms with van der Waals surface area (Å²) in [6.07, 6.45) is 4.34. The minimum atomic E-state index is -0.204. The highest BCUT2D eigenvalue weighted by Crippen LogP contribution is 2.22. The normalized spacial score (nSPS) is 11.7. The van der Waals surface area contributed by atoms with Crippen molar-refractivity contribution in [2.75, 3.05) is 18.1 Å². The van der Waals surface area contributed by atoms with E-state index in [1.54, 1.807) is 11.8 Å². The van der Waals surface area contributed by atoms with E-state index < -0.39 is 0 Å². The predicted octanol–water partition coefficient (Wildman–Crippen LogP) is 5.32. The fourth-order valence-corrected chi connectivity index (χ4v) is 3.43. The van der Waals surface area contributed by atoms with Crippen LogP contribution in [-0.2, 0) is 9.53 Å². The highest BCUT2D eigenvalue weighted by atomic mass is 32.2. The van der Waals surface area contributed by atoms with E-state index in [1.807, 2.05) is 31.2 Å². The van der Waals surface area contributed by atoms with E-state index in [0.29, 0.717) is 12.4 Å². The number of thioether (sulfide) groups is 1. The summed E-state index contributed by atoms with van der Waals surface area (Å²) < 4.78 is 5.22. The molecule has 2 aromatic carbocycles. The molecule has 0 amide bonds. The maximum absolute atomic E-state index is 12.2. The summed E-state index contributed by atoms with van der Waals surface area (Å²) in [5, 5.41) is 2.35. The molecule has 122 valence electrons. The molecule has 0 N–H and O–H groups in total. The number of hydrogen-bond acceptors (Lipinski definition) is 3. The van der Waals surface area contributed by atoms with Crippen LogP contribution in [0.1, 0.15) is 32.3 Å². The van der Waals surface area contributed by atoms with Gasteiger partial charge in [-0.05, 0) is 41.5 Å². The molecule has 0 atom stereocenters. The second kappa shape index (κ2) is 9.41. The molecule has 0 aliphatic rings. The highest BCUT2D eigenvalue weighted by molar-refractivity contribution is 7.99. The second-order valence-corrected chi connectivity index (χ2v) is 6.47. The molecule has 2 rings (SSSR count). The predicted molar refractivity (Wildman–Crippen MR) is 101 cm³/mol. The largest absolute Gasteiger partial charge is 0.463 e. The molecule has 0 unspecified atom stereocenters. The van der Waals surface area contributed by atoms with Crippen LogP contribution >= 0.6 is 11.8 Å². The number of rotatable bonds is 8. The lowest BCUT2D eigenvalue weighted by Crippen LogP contribution is -2.10. The van der Waals surface area contributed by atoms with Crippen LogP contribution in [0.2, 0.25) is 0 Å². The zero-order valence-corrected chi connectivity index (χ0v) is 14.7. The van der Waals surface area contributed by atoms with Crippen LogP contribution in [-0.4, -0.2) is 24.1 Å². The van der Waals surface area contributed by atoms with E-state index in [2.05, 4.69) is 31.2 Å². The first-order valence-corrected chi connectivity index (χ1v) is 9.35. The lowest BCUT2D eigenvalue weighted by atomic mass is 10.0. The smallest absolute Gasteiger partial charge is 0.334 e. The minimum Gasteiger partial charge on any atom is -0.463 e. The molecular formula is C20H24O2S. The van der Waals surface area contributed by atoms with Crippen LogP contribution in [0, 0.1) is 0 Å². The molecule has 0 aliphatic carbocycles. The Balaban J connectivity index is 2.28. The molecule has 0 heterocycles. The van der Waals surface area contributed by atoms with Crippen LogP contribution in [0.3, 0.4) is 0 Å². The van der Waals surface area contributed by atoms with E-state index >= 15 is 0 Å². The Morgan fingerprint density at radius 1 is 1.13 bits per heavy atom. The van der Waals surface area contributed by atoms with Crippen molar-refractivity contribution in [3.8, 4) is 0 Å². The van der Waals surface area contributed by atoms with Crippen molar-refractivity contribution in [3.63, 3.8) is 0 Å². The number of esters is 1. The van der Waals surface area contributed by atoms with E-state index in [1.165, 1.54) is 18.2 Å². The van der Waals surface area contributed by atoms with Gasteiger partial charge < -0.3 is 4.74 Å². The topological polar surface area (TPSA) is 26.3 Å². The Hall–Kier alpha value is -1.74. The number of fused-ring (bicyclic) bond motifs is 1. The number of carbonyl (C=O) groups excluding carboxylic acids is 1. The standard InChI is InChI=1S/C20H24O2S/c1-3-5-13-23-15-18(20(21)22-4-2)14-17-11-8-10-16-9-6-7-12-19(16)17/h6-12,14H,3-5,13,15H2,1-2H3.